The summed E-state index contributed by atoms with van der Waals surface area (Å²) in [6.07, 6.45) is 1.97. The van der Waals surface area contributed by atoms with Crippen LogP contribution in [0.15, 0.2) is 182 Å². The van der Waals surface area contributed by atoms with Crippen LogP contribution in [-0.4, -0.2) is 0 Å². The Kier molecular flexibility index (Phi) is 9.24. The van der Waals surface area contributed by atoms with Crippen LogP contribution in [0.5, 0.6) is 0 Å². The summed E-state index contributed by atoms with van der Waals surface area (Å²) in [7, 11) is 0. The van der Waals surface area contributed by atoms with Crippen molar-refractivity contribution in [2.75, 3.05) is 9.80 Å². The number of aryl methyl sites for hydroxylation is 4. The van der Waals surface area contributed by atoms with E-state index in [9.17, 15) is 0 Å². The molecule has 11 rings (SSSR count). The Hall–Kier alpha value is -7.16. The lowest BCUT2D eigenvalue weighted by Gasteiger charge is -2.33. The minimum Gasteiger partial charge on any atom is -0.310 e. The van der Waals surface area contributed by atoms with E-state index in [1.54, 1.807) is 0 Å². The molecule has 2 heteroatoms. The lowest BCUT2D eigenvalue weighted by atomic mass is 9.73. The lowest BCUT2D eigenvalue weighted by molar-refractivity contribution is 0.490. The smallest absolute Gasteiger partial charge is 0.0546 e. The number of hydrogen-bond acceptors (Lipinski definition) is 2. The fourth-order valence-electron chi connectivity index (χ4n) is 11.2. The van der Waals surface area contributed by atoms with Crippen LogP contribution in [0.3, 0.4) is 0 Å². The van der Waals surface area contributed by atoms with E-state index in [0.29, 0.717) is 0 Å². The summed E-state index contributed by atoms with van der Waals surface area (Å²) in [4.78, 5) is 5.04. The molecule has 0 amide bonds. The van der Waals surface area contributed by atoms with Gasteiger partial charge in [0, 0.05) is 38.9 Å². The molecule has 10 aromatic carbocycles. The molecule has 0 N–H and O–H groups in total. The van der Waals surface area contributed by atoms with Gasteiger partial charge in [-0.3, -0.25) is 0 Å². The van der Waals surface area contributed by atoms with Crippen LogP contribution in [0.2, 0.25) is 0 Å². The molecule has 1 aliphatic rings. The molecule has 0 atom stereocenters. The highest BCUT2D eigenvalue weighted by Crippen LogP contribution is 2.56. The second-order valence-corrected chi connectivity index (χ2v) is 17.9. The fraction of sp³-hybridized carbons (Fsp3) is 0.148. The maximum Gasteiger partial charge on any atom is 0.0546 e. The van der Waals surface area contributed by atoms with Gasteiger partial charge in [0.2, 0.25) is 0 Å². The Morgan fingerprint density at radius 1 is 0.333 bits per heavy atom. The molecule has 306 valence electrons. The van der Waals surface area contributed by atoms with Crippen molar-refractivity contribution in [3.63, 3.8) is 0 Å². The van der Waals surface area contributed by atoms with E-state index in [4.69, 9.17) is 0 Å². The van der Waals surface area contributed by atoms with Gasteiger partial charge in [-0.2, -0.15) is 0 Å². The van der Waals surface area contributed by atoms with E-state index in [1.807, 2.05) is 0 Å². The van der Waals surface area contributed by atoms with E-state index in [1.165, 1.54) is 122 Å². The van der Waals surface area contributed by atoms with Crippen LogP contribution >= 0.6 is 0 Å². The largest absolute Gasteiger partial charge is 0.310 e. The molecule has 0 unspecified atom stereocenters. The monoisotopic (exact) mass is 812 g/mol. The van der Waals surface area contributed by atoms with Crippen molar-refractivity contribution in [2.45, 2.75) is 59.8 Å². The maximum atomic E-state index is 2.53. The molecule has 0 saturated heterocycles. The van der Waals surface area contributed by atoms with Crippen molar-refractivity contribution in [1.82, 2.24) is 0 Å². The van der Waals surface area contributed by atoms with Gasteiger partial charge in [0.15, 0.2) is 0 Å². The number of fused-ring (bicyclic) bond motifs is 9. The average molecular weight is 813 g/mol. The first kappa shape index (κ1) is 38.7. The summed E-state index contributed by atoms with van der Waals surface area (Å²) >= 11 is 0. The quantitative estimate of drug-likeness (QED) is 0.141. The van der Waals surface area contributed by atoms with E-state index in [-0.39, 0.29) is 5.41 Å². The number of anilines is 6. The zero-order valence-corrected chi connectivity index (χ0v) is 37.1. The molecule has 1 aliphatic carbocycles. The minimum absolute atomic E-state index is 0.185. The number of benzene rings is 10. The van der Waals surface area contributed by atoms with Gasteiger partial charge in [0.05, 0.1) is 11.4 Å². The van der Waals surface area contributed by atoms with E-state index >= 15 is 0 Å². The van der Waals surface area contributed by atoms with Crippen LogP contribution in [-0.2, 0) is 5.41 Å². The first-order chi connectivity index (χ1) is 30.7. The molecule has 0 bridgehead atoms. The molecule has 2 nitrogen and oxygen atoms in total. The van der Waals surface area contributed by atoms with E-state index in [0.717, 1.165) is 12.8 Å². The first-order valence-corrected chi connectivity index (χ1v) is 22.6. The topological polar surface area (TPSA) is 6.48 Å². The molecule has 0 radical (unpaired) electrons. The highest BCUT2D eigenvalue weighted by molar-refractivity contribution is 6.16. The second-order valence-electron chi connectivity index (χ2n) is 17.9. The van der Waals surface area contributed by atoms with Crippen LogP contribution in [0, 0.1) is 27.7 Å². The van der Waals surface area contributed by atoms with Gasteiger partial charge in [0.25, 0.3) is 0 Å². The van der Waals surface area contributed by atoms with Gasteiger partial charge >= 0.3 is 0 Å². The van der Waals surface area contributed by atoms with Crippen molar-refractivity contribution in [3.8, 4) is 11.1 Å². The summed E-state index contributed by atoms with van der Waals surface area (Å²) in [5, 5.41) is 10.1. The molecular weight excluding hydrogens is 761 g/mol. The third kappa shape index (κ3) is 6.22. The molecule has 0 aliphatic heterocycles. The van der Waals surface area contributed by atoms with Crippen LogP contribution in [0.4, 0.5) is 34.1 Å². The zero-order valence-electron chi connectivity index (χ0n) is 37.1. The highest BCUT2D eigenvalue weighted by atomic mass is 15.2. The van der Waals surface area contributed by atoms with Crippen molar-refractivity contribution in [2.24, 2.45) is 0 Å². The van der Waals surface area contributed by atoms with Gasteiger partial charge < -0.3 is 9.80 Å². The highest BCUT2D eigenvalue weighted by Gasteiger charge is 2.41. The summed E-state index contributed by atoms with van der Waals surface area (Å²) in [6.45, 7) is 13.6. The third-order valence-corrected chi connectivity index (χ3v) is 14.0. The number of rotatable bonds is 8. The summed E-state index contributed by atoms with van der Waals surface area (Å²) in [5.74, 6) is 0. The van der Waals surface area contributed by atoms with E-state index < -0.39 is 0 Å². The van der Waals surface area contributed by atoms with Crippen molar-refractivity contribution in [1.29, 1.82) is 0 Å². The Balaban J connectivity index is 1.13. The van der Waals surface area contributed by atoms with Crippen LogP contribution < -0.4 is 9.80 Å². The van der Waals surface area contributed by atoms with Crippen LogP contribution in [0.1, 0.15) is 60.1 Å². The normalized spacial score (nSPS) is 12.9. The van der Waals surface area contributed by atoms with Gasteiger partial charge in [-0.1, -0.05) is 135 Å². The predicted octanol–water partition coefficient (Wildman–Crippen LogP) is 17.6. The average Bonchev–Trinajstić information content (AvgIpc) is 3.57. The lowest BCUT2D eigenvalue weighted by Crippen LogP contribution is -2.24. The first-order valence-electron chi connectivity index (χ1n) is 22.6. The molecule has 0 aromatic heterocycles. The molecule has 10 aromatic rings. The Bertz CT molecular complexity index is 3180. The van der Waals surface area contributed by atoms with Crippen LogP contribution in [0.25, 0.3) is 54.2 Å². The molecule has 0 spiro atoms. The SMILES string of the molecule is CCC1(CC)c2cc(N(c3cc(C)cc(C)c3)c3cc4ccccc4c4ccccc34)ccc2-c2ccc(N(c3cc(C)cc(C)c3)c3cc4ccccc4c4ccccc34)cc21. The molecule has 63 heavy (non-hydrogen) atoms. The van der Waals surface area contributed by atoms with E-state index in [2.05, 4.69) is 233 Å². The standard InChI is InChI=1S/C61H52N2/c1-7-61(8-2)57-37-45(62(47-31-39(3)29-40(4)32-47)59-35-43-17-9-11-19-49(43)51-21-13-15-23-55(51)59)25-27-53(57)54-28-26-46(38-58(54)61)63(48-33-41(5)30-42(6)34-48)60-36-44-18-10-12-20-50(44)52-22-14-16-24-56(52)60/h9-38H,7-8H2,1-6H3. The molecule has 0 saturated carbocycles. The van der Waals surface area contributed by atoms with Gasteiger partial charge in [-0.05, 0) is 178 Å². The zero-order chi connectivity index (χ0) is 43.0. The predicted molar refractivity (Wildman–Crippen MR) is 272 cm³/mol. The van der Waals surface area contributed by atoms with Crippen molar-refractivity contribution < 1.29 is 0 Å². The maximum absolute atomic E-state index is 2.53. The minimum atomic E-state index is -0.185. The molecule has 0 fully saturated rings. The Morgan fingerprint density at radius 3 is 1.06 bits per heavy atom. The van der Waals surface area contributed by atoms with Gasteiger partial charge in [-0.15, -0.1) is 0 Å². The fourth-order valence-corrected chi connectivity index (χ4v) is 11.2. The summed E-state index contributed by atoms with van der Waals surface area (Å²) < 4.78 is 0. The third-order valence-electron chi connectivity index (χ3n) is 14.0. The van der Waals surface area contributed by atoms with Gasteiger partial charge in [-0.25, -0.2) is 0 Å². The van der Waals surface area contributed by atoms with Gasteiger partial charge in [0.1, 0.15) is 0 Å². The van der Waals surface area contributed by atoms with Crippen molar-refractivity contribution >= 4 is 77.2 Å². The van der Waals surface area contributed by atoms with Crippen molar-refractivity contribution in [3.05, 3.63) is 215 Å². The molecular formula is C61H52N2. The Morgan fingerprint density at radius 2 is 0.683 bits per heavy atom. The number of hydrogen-bond donors (Lipinski definition) is 0. The summed E-state index contributed by atoms with van der Waals surface area (Å²) in [5.41, 5.74) is 17.4. The second kappa shape index (κ2) is 15.0. The molecule has 0 heterocycles. The number of nitrogens with zero attached hydrogens (tertiary/aromatic N) is 2. The Labute approximate surface area is 371 Å². The summed E-state index contributed by atoms with van der Waals surface area (Å²) in [6, 6.07) is 68.8.